The monoisotopic (exact) mass is 215 g/mol. The van der Waals surface area contributed by atoms with E-state index in [-0.39, 0.29) is 18.4 Å². The van der Waals surface area contributed by atoms with Crippen LogP contribution in [0.25, 0.3) is 0 Å². The molecule has 1 aliphatic heterocycles. The van der Waals surface area contributed by atoms with E-state index in [2.05, 4.69) is 0 Å². The topological polar surface area (TPSA) is 60.8 Å². The zero-order valence-electron chi connectivity index (χ0n) is 9.57. The van der Waals surface area contributed by atoms with Crippen LogP contribution in [0.3, 0.4) is 0 Å². The Morgan fingerprint density at radius 3 is 2.40 bits per heavy atom. The van der Waals surface area contributed by atoms with Crippen molar-refractivity contribution in [3.8, 4) is 0 Å². The Labute approximate surface area is 90.9 Å². The van der Waals surface area contributed by atoms with Gasteiger partial charge in [0.2, 0.25) is 5.91 Å². The molecule has 0 bridgehead atoms. The van der Waals surface area contributed by atoms with Crippen LogP contribution in [0, 0.1) is 5.92 Å². The van der Waals surface area contributed by atoms with Gasteiger partial charge in [0.1, 0.15) is 0 Å². The van der Waals surface area contributed by atoms with Crippen LogP contribution in [0.1, 0.15) is 33.1 Å². The highest BCUT2D eigenvalue weighted by Crippen LogP contribution is 2.22. The number of carbonyl (C=O) groups is 1. The van der Waals surface area contributed by atoms with Crippen molar-refractivity contribution in [2.45, 2.75) is 38.7 Å². The van der Waals surface area contributed by atoms with E-state index in [0.29, 0.717) is 25.9 Å². The molecule has 15 heavy (non-hydrogen) atoms. The molecule has 4 nitrogen and oxygen atoms in total. The first-order valence-corrected chi connectivity index (χ1v) is 5.64. The normalized spacial score (nSPS) is 22.5. The molecule has 1 rings (SSSR count). The minimum atomic E-state index is -0.966. The van der Waals surface area contributed by atoms with Crippen molar-refractivity contribution in [1.82, 2.24) is 4.90 Å². The summed E-state index contributed by atoms with van der Waals surface area (Å²) in [5, 5.41) is 18.8. The SMILES string of the molecule is CCC(C)C(=O)N1CCC(O)(CO)CC1. The summed E-state index contributed by atoms with van der Waals surface area (Å²) in [6, 6.07) is 0. The van der Waals surface area contributed by atoms with Gasteiger partial charge in [-0.2, -0.15) is 0 Å². The number of hydrogen-bond acceptors (Lipinski definition) is 3. The van der Waals surface area contributed by atoms with Gasteiger partial charge < -0.3 is 15.1 Å². The van der Waals surface area contributed by atoms with E-state index in [1.54, 1.807) is 4.90 Å². The molecule has 1 saturated heterocycles. The molecule has 1 unspecified atom stereocenters. The van der Waals surface area contributed by atoms with E-state index in [1.165, 1.54) is 0 Å². The molecule has 88 valence electrons. The van der Waals surface area contributed by atoms with E-state index in [9.17, 15) is 9.90 Å². The molecule has 1 aliphatic rings. The van der Waals surface area contributed by atoms with Crippen molar-refractivity contribution < 1.29 is 15.0 Å². The summed E-state index contributed by atoms with van der Waals surface area (Å²) in [4.78, 5) is 13.6. The Balaban J connectivity index is 2.47. The van der Waals surface area contributed by atoms with Crippen molar-refractivity contribution >= 4 is 5.91 Å². The van der Waals surface area contributed by atoms with Crippen LogP contribution in [0.5, 0.6) is 0 Å². The molecule has 0 saturated carbocycles. The van der Waals surface area contributed by atoms with Gasteiger partial charge in [-0.3, -0.25) is 4.79 Å². The predicted octanol–water partition coefficient (Wildman–Crippen LogP) is 0.378. The molecule has 1 heterocycles. The van der Waals surface area contributed by atoms with Gasteiger partial charge in [0.05, 0.1) is 12.2 Å². The fourth-order valence-corrected chi connectivity index (χ4v) is 1.79. The van der Waals surface area contributed by atoms with E-state index in [4.69, 9.17) is 5.11 Å². The number of nitrogens with zero attached hydrogens (tertiary/aromatic N) is 1. The number of likely N-dealkylation sites (tertiary alicyclic amines) is 1. The van der Waals surface area contributed by atoms with Gasteiger partial charge in [-0.1, -0.05) is 13.8 Å². The largest absolute Gasteiger partial charge is 0.393 e. The van der Waals surface area contributed by atoms with Crippen LogP contribution in [-0.4, -0.2) is 46.3 Å². The van der Waals surface area contributed by atoms with Gasteiger partial charge in [0.15, 0.2) is 0 Å². The van der Waals surface area contributed by atoms with Crippen LogP contribution >= 0.6 is 0 Å². The fraction of sp³-hybridized carbons (Fsp3) is 0.909. The fourth-order valence-electron chi connectivity index (χ4n) is 1.79. The van der Waals surface area contributed by atoms with Gasteiger partial charge in [-0.05, 0) is 19.3 Å². The van der Waals surface area contributed by atoms with Crippen molar-refractivity contribution in [2.75, 3.05) is 19.7 Å². The maximum atomic E-state index is 11.8. The van der Waals surface area contributed by atoms with Crippen molar-refractivity contribution in [3.63, 3.8) is 0 Å². The van der Waals surface area contributed by atoms with Crippen LogP contribution in [0.4, 0.5) is 0 Å². The quantitative estimate of drug-likeness (QED) is 0.715. The molecule has 0 aliphatic carbocycles. The predicted molar refractivity (Wildman–Crippen MR) is 57.3 cm³/mol. The number of hydrogen-bond donors (Lipinski definition) is 2. The number of aliphatic hydroxyl groups excluding tert-OH is 1. The molecule has 0 spiro atoms. The van der Waals surface area contributed by atoms with E-state index in [1.807, 2.05) is 13.8 Å². The molecule has 1 amide bonds. The third-order valence-corrected chi connectivity index (χ3v) is 3.33. The molecule has 1 atom stereocenters. The van der Waals surface area contributed by atoms with Gasteiger partial charge in [-0.25, -0.2) is 0 Å². The standard InChI is InChI=1S/C11H21NO3/c1-3-9(2)10(14)12-6-4-11(15,8-13)5-7-12/h9,13,15H,3-8H2,1-2H3. The summed E-state index contributed by atoms with van der Waals surface area (Å²) in [5.74, 6) is 0.225. The zero-order chi connectivity index (χ0) is 11.5. The summed E-state index contributed by atoms with van der Waals surface area (Å²) >= 11 is 0. The van der Waals surface area contributed by atoms with E-state index < -0.39 is 5.60 Å². The summed E-state index contributed by atoms with van der Waals surface area (Å²) in [6.45, 7) is 4.82. The maximum absolute atomic E-state index is 11.8. The first kappa shape index (κ1) is 12.5. The second-order valence-corrected chi connectivity index (χ2v) is 4.52. The highest BCUT2D eigenvalue weighted by molar-refractivity contribution is 5.78. The summed E-state index contributed by atoms with van der Waals surface area (Å²) in [6.07, 6.45) is 1.80. The lowest BCUT2D eigenvalue weighted by atomic mass is 9.91. The van der Waals surface area contributed by atoms with Crippen molar-refractivity contribution in [2.24, 2.45) is 5.92 Å². The molecule has 0 aromatic carbocycles. The first-order valence-electron chi connectivity index (χ1n) is 5.64. The molecule has 1 fully saturated rings. The number of carbonyl (C=O) groups excluding carboxylic acids is 1. The summed E-state index contributed by atoms with van der Waals surface area (Å²) in [7, 11) is 0. The molecule has 4 heteroatoms. The number of amides is 1. The average Bonchev–Trinajstić information content (AvgIpc) is 2.28. The molecule has 0 aromatic rings. The van der Waals surface area contributed by atoms with Gasteiger partial charge >= 0.3 is 0 Å². The van der Waals surface area contributed by atoms with Crippen LogP contribution in [-0.2, 0) is 4.79 Å². The van der Waals surface area contributed by atoms with E-state index >= 15 is 0 Å². The summed E-state index contributed by atoms with van der Waals surface area (Å²) in [5.41, 5.74) is -0.966. The number of aliphatic hydroxyl groups is 2. The van der Waals surface area contributed by atoms with Gasteiger partial charge in [-0.15, -0.1) is 0 Å². The number of piperidine rings is 1. The summed E-state index contributed by atoms with van der Waals surface area (Å²) < 4.78 is 0. The third kappa shape index (κ3) is 2.92. The lowest BCUT2D eigenvalue weighted by Crippen LogP contribution is -2.49. The van der Waals surface area contributed by atoms with Crippen LogP contribution < -0.4 is 0 Å². The second-order valence-electron chi connectivity index (χ2n) is 4.52. The van der Waals surface area contributed by atoms with Gasteiger partial charge in [0.25, 0.3) is 0 Å². The average molecular weight is 215 g/mol. The molecular weight excluding hydrogens is 194 g/mol. The van der Waals surface area contributed by atoms with Crippen molar-refractivity contribution in [3.05, 3.63) is 0 Å². The zero-order valence-corrected chi connectivity index (χ0v) is 9.57. The third-order valence-electron chi connectivity index (χ3n) is 3.33. The Morgan fingerprint density at radius 2 is 2.00 bits per heavy atom. The Kier molecular flexibility index (Phi) is 4.11. The molecule has 0 radical (unpaired) electrons. The minimum absolute atomic E-state index is 0.0605. The van der Waals surface area contributed by atoms with Crippen LogP contribution in [0.2, 0.25) is 0 Å². The maximum Gasteiger partial charge on any atom is 0.225 e. The smallest absolute Gasteiger partial charge is 0.225 e. The first-order chi connectivity index (χ1) is 7.02. The number of rotatable bonds is 3. The van der Waals surface area contributed by atoms with Gasteiger partial charge in [0, 0.05) is 19.0 Å². The van der Waals surface area contributed by atoms with Crippen molar-refractivity contribution in [1.29, 1.82) is 0 Å². The Morgan fingerprint density at radius 1 is 1.47 bits per heavy atom. The lowest BCUT2D eigenvalue weighted by Gasteiger charge is -2.37. The highest BCUT2D eigenvalue weighted by Gasteiger charge is 2.33. The molecule has 0 aromatic heterocycles. The lowest BCUT2D eigenvalue weighted by molar-refractivity contribution is -0.140. The minimum Gasteiger partial charge on any atom is -0.393 e. The molecular formula is C11H21NO3. The van der Waals surface area contributed by atoms with E-state index in [0.717, 1.165) is 6.42 Å². The Hall–Kier alpha value is -0.610. The second kappa shape index (κ2) is 4.94. The molecule has 2 N–H and O–H groups in total. The Bertz CT molecular complexity index is 222. The highest BCUT2D eigenvalue weighted by atomic mass is 16.3. The van der Waals surface area contributed by atoms with Crippen LogP contribution in [0.15, 0.2) is 0 Å².